The van der Waals surface area contributed by atoms with Crippen molar-refractivity contribution in [2.75, 3.05) is 13.2 Å². The maximum atomic E-state index is 12.1. The normalized spacial score (nSPS) is 38.0. The summed E-state index contributed by atoms with van der Waals surface area (Å²) in [6.45, 7) is -0.765. The molecule has 178 valence electrons. The number of benzene rings is 1. The Hall–Kier alpha value is -2.13. The first kappa shape index (κ1) is 24.5. The molecule has 3 rings (SSSR count). The van der Waals surface area contributed by atoms with Crippen molar-refractivity contribution in [3.8, 4) is 5.75 Å². The molecule has 32 heavy (non-hydrogen) atoms. The molecule has 2 aliphatic heterocycles. The number of phenols is 1. The topological polar surface area (TPSA) is 196 Å². The van der Waals surface area contributed by atoms with Gasteiger partial charge in [-0.25, -0.2) is 4.79 Å². The fourth-order valence-electron chi connectivity index (χ4n) is 3.17. The first-order valence-electron chi connectivity index (χ1n) is 9.82. The highest BCUT2D eigenvalue weighted by Gasteiger charge is 2.46. The summed E-state index contributed by atoms with van der Waals surface area (Å²) in [6, 6.07) is 5.95. The van der Waals surface area contributed by atoms with Crippen molar-refractivity contribution >= 4 is 12.0 Å². The molecule has 0 radical (unpaired) electrons. The molecule has 2 aliphatic rings. The number of phenolic OH excluding ortho intramolecular Hbond substituents is 1. The van der Waals surface area contributed by atoms with Crippen LogP contribution in [0.25, 0.3) is 6.08 Å². The van der Waals surface area contributed by atoms with Crippen LogP contribution in [0.15, 0.2) is 30.3 Å². The molecule has 0 aromatic heterocycles. The van der Waals surface area contributed by atoms with E-state index >= 15 is 0 Å². The molecule has 0 amide bonds. The lowest BCUT2D eigenvalue weighted by Crippen LogP contribution is -2.60. The third-order valence-corrected chi connectivity index (χ3v) is 5.08. The van der Waals surface area contributed by atoms with E-state index in [-0.39, 0.29) is 12.4 Å². The molecule has 1 aromatic carbocycles. The second-order valence-electron chi connectivity index (χ2n) is 7.46. The minimum absolute atomic E-state index is 0.0566. The zero-order valence-corrected chi connectivity index (χ0v) is 16.7. The van der Waals surface area contributed by atoms with E-state index in [2.05, 4.69) is 0 Å². The number of esters is 1. The van der Waals surface area contributed by atoms with Crippen molar-refractivity contribution in [3.63, 3.8) is 0 Å². The van der Waals surface area contributed by atoms with E-state index in [9.17, 15) is 40.5 Å². The highest BCUT2D eigenvalue weighted by atomic mass is 16.7. The van der Waals surface area contributed by atoms with Crippen LogP contribution in [-0.4, -0.2) is 110 Å². The van der Waals surface area contributed by atoms with Gasteiger partial charge in [-0.15, -0.1) is 0 Å². The van der Waals surface area contributed by atoms with E-state index in [1.54, 1.807) is 12.1 Å². The number of carbonyl (C=O) groups excluding carboxylic acids is 1. The van der Waals surface area contributed by atoms with Crippen molar-refractivity contribution in [1.29, 1.82) is 0 Å². The molecule has 0 bridgehead atoms. The lowest BCUT2D eigenvalue weighted by Gasteiger charge is -2.41. The Morgan fingerprint density at radius 1 is 0.938 bits per heavy atom. The number of rotatable bonds is 6. The Morgan fingerprint density at radius 3 is 2.28 bits per heavy atom. The van der Waals surface area contributed by atoms with Gasteiger partial charge in [-0.1, -0.05) is 12.1 Å². The maximum Gasteiger partial charge on any atom is 0.333 e. The van der Waals surface area contributed by atoms with Crippen molar-refractivity contribution in [3.05, 3.63) is 35.9 Å². The van der Waals surface area contributed by atoms with Crippen LogP contribution in [0.2, 0.25) is 0 Å². The number of carbonyl (C=O) groups is 1. The van der Waals surface area contributed by atoms with Gasteiger partial charge in [0.05, 0.1) is 13.2 Å². The van der Waals surface area contributed by atoms with Gasteiger partial charge in [-0.2, -0.15) is 0 Å². The van der Waals surface area contributed by atoms with E-state index in [1.165, 1.54) is 18.2 Å². The second kappa shape index (κ2) is 10.7. The number of ether oxygens (including phenoxy) is 4. The van der Waals surface area contributed by atoms with Gasteiger partial charge in [-0.05, 0) is 23.8 Å². The third kappa shape index (κ3) is 5.81. The first-order chi connectivity index (χ1) is 15.2. The SMILES string of the molecule is O=C(C=Cc1ccc(O)cc1)O[C@@H]1O[C@H](CO[C@@H]2OC[C@@H](O)[C@H](O)[C@H]2O)[C@@H](O)[C@H](O)[C@H]1O. The largest absolute Gasteiger partial charge is 0.508 e. The van der Waals surface area contributed by atoms with E-state index in [4.69, 9.17) is 18.9 Å². The fourth-order valence-corrected chi connectivity index (χ4v) is 3.17. The molecule has 12 nitrogen and oxygen atoms in total. The molecule has 1 aromatic rings. The van der Waals surface area contributed by atoms with Crippen LogP contribution in [0.1, 0.15) is 5.56 Å². The van der Waals surface area contributed by atoms with Gasteiger partial charge in [0.2, 0.25) is 6.29 Å². The average Bonchev–Trinajstić information content (AvgIpc) is 2.77. The molecule has 2 fully saturated rings. The molecule has 7 N–H and O–H groups in total. The van der Waals surface area contributed by atoms with Crippen LogP contribution in [0.5, 0.6) is 5.75 Å². The zero-order chi connectivity index (χ0) is 23.4. The number of aliphatic hydroxyl groups is 6. The Labute approximate surface area is 182 Å². The molecule has 0 spiro atoms. The molecular formula is C20H26O12. The van der Waals surface area contributed by atoms with Crippen LogP contribution in [0, 0.1) is 0 Å². The van der Waals surface area contributed by atoms with Gasteiger partial charge in [0, 0.05) is 6.08 Å². The summed E-state index contributed by atoms with van der Waals surface area (Å²) in [7, 11) is 0. The summed E-state index contributed by atoms with van der Waals surface area (Å²) in [5.41, 5.74) is 0.588. The maximum absolute atomic E-state index is 12.1. The van der Waals surface area contributed by atoms with E-state index in [0.717, 1.165) is 6.08 Å². The van der Waals surface area contributed by atoms with Crippen molar-refractivity contribution in [2.45, 2.75) is 55.3 Å². The predicted octanol–water partition coefficient (Wildman–Crippen LogP) is -2.79. The van der Waals surface area contributed by atoms with Crippen molar-refractivity contribution in [1.82, 2.24) is 0 Å². The molecule has 2 heterocycles. The summed E-state index contributed by atoms with van der Waals surface area (Å²) in [6.07, 6.45) is -11.3. The van der Waals surface area contributed by atoms with Gasteiger partial charge in [0.1, 0.15) is 48.5 Å². The van der Waals surface area contributed by atoms with Crippen molar-refractivity contribution in [2.24, 2.45) is 0 Å². The van der Waals surface area contributed by atoms with Gasteiger partial charge >= 0.3 is 5.97 Å². The van der Waals surface area contributed by atoms with Crippen molar-refractivity contribution < 1.29 is 59.5 Å². The highest BCUT2D eigenvalue weighted by Crippen LogP contribution is 2.24. The summed E-state index contributed by atoms with van der Waals surface area (Å²) in [4.78, 5) is 12.1. The van der Waals surface area contributed by atoms with Gasteiger partial charge in [-0.3, -0.25) is 0 Å². The number of hydrogen-bond acceptors (Lipinski definition) is 12. The standard InChI is InChI=1S/C20H26O12/c21-10-4-1-9(2-5-10)3-6-13(23)32-20-18(28)16(26)15(25)12(31-20)8-30-19-17(27)14(24)11(22)7-29-19/h1-6,11-12,14-22,24-28H,7-8H2/t11-,12-,14+,15-,16+,17-,18-,19+,20+/m1/s1. The quantitative estimate of drug-likeness (QED) is 0.171. The summed E-state index contributed by atoms with van der Waals surface area (Å²) < 4.78 is 20.7. The smallest absolute Gasteiger partial charge is 0.333 e. The number of aliphatic hydroxyl groups excluding tert-OH is 6. The zero-order valence-electron chi connectivity index (χ0n) is 16.7. The predicted molar refractivity (Wildman–Crippen MR) is 104 cm³/mol. The van der Waals surface area contributed by atoms with E-state index in [1.807, 2.05) is 0 Å². The Kier molecular flexibility index (Phi) is 8.16. The number of aromatic hydroxyl groups is 1. The van der Waals surface area contributed by atoms with Crippen LogP contribution in [0.3, 0.4) is 0 Å². The molecule has 0 unspecified atom stereocenters. The highest BCUT2D eigenvalue weighted by molar-refractivity contribution is 5.87. The monoisotopic (exact) mass is 458 g/mol. The minimum Gasteiger partial charge on any atom is -0.508 e. The van der Waals surface area contributed by atoms with E-state index in [0.29, 0.717) is 5.56 Å². The lowest BCUT2D eigenvalue weighted by molar-refractivity contribution is -0.314. The molecule has 9 atom stereocenters. The van der Waals surface area contributed by atoms with Crippen LogP contribution in [0.4, 0.5) is 0 Å². The summed E-state index contributed by atoms with van der Waals surface area (Å²) in [5.74, 6) is -0.852. The first-order valence-corrected chi connectivity index (χ1v) is 9.82. The summed E-state index contributed by atoms with van der Waals surface area (Å²) in [5, 5.41) is 68.6. The summed E-state index contributed by atoms with van der Waals surface area (Å²) >= 11 is 0. The molecule has 2 saturated heterocycles. The molecule has 12 heteroatoms. The Morgan fingerprint density at radius 2 is 1.59 bits per heavy atom. The second-order valence-corrected chi connectivity index (χ2v) is 7.46. The van der Waals surface area contributed by atoms with Gasteiger partial charge in [0.15, 0.2) is 6.29 Å². The van der Waals surface area contributed by atoms with Gasteiger partial charge in [0.25, 0.3) is 0 Å². The Balaban J connectivity index is 1.57. The average molecular weight is 458 g/mol. The molecule has 0 aliphatic carbocycles. The molecular weight excluding hydrogens is 432 g/mol. The third-order valence-electron chi connectivity index (χ3n) is 5.08. The van der Waals surface area contributed by atoms with Crippen LogP contribution >= 0.6 is 0 Å². The molecule has 0 saturated carbocycles. The van der Waals surface area contributed by atoms with Crippen LogP contribution < -0.4 is 0 Å². The van der Waals surface area contributed by atoms with E-state index < -0.39 is 67.9 Å². The lowest BCUT2D eigenvalue weighted by atomic mass is 9.99. The minimum atomic E-state index is -1.75. The Bertz CT molecular complexity index is 783. The van der Waals surface area contributed by atoms with Gasteiger partial charge < -0.3 is 54.7 Å². The van der Waals surface area contributed by atoms with Crippen LogP contribution in [-0.2, 0) is 23.7 Å². The fraction of sp³-hybridized carbons (Fsp3) is 0.550. The number of hydrogen-bond donors (Lipinski definition) is 7.